The van der Waals surface area contributed by atoms with Gasteiger partial charge in [-0.1, -0.05) is 12.1 Å². The number of hydrogen-bond acceptors (Lipinski definition) is 4. The Morgan fingerprint density at radius 2 is 2.00 bits per heavy atom. The van der Waals surface area contributed by atoms with E-state index in [4.69, 9.17) is 15.2 Å². The van der Waals surface area contributed by atoms with Gasteiger partial charge in [-0.2, -0.15) is 0 Å². The number of ether oxygens (including phenoxy) is 2. The van der Waals surface area contributed by atoms with E-state index in [-0.39, 0.29) is 0 Å². The second-order valence-corrected chi connectivity index (χ2v) is 5.52. The maximum absolute atomic E-state index is 5.85. The largest absolute Gasteiger partial charge is 0.493 e. The molecule has 1 fully saturated rings. The van der Waals surface area contributed by atoms with E-state index in [0.717, 1.165) is 31.1 Å². The first kappa shape index (κ1) is 15.1. The van der Waals surface area contributed by atoms with Crippen LogP contribution in [0.25, 0.3) is 0 Å². The highest BCUT2D eigenvalue weighted by atomic mass is 16.5. The molecular formula is C16H26N2O2. The van der Waals surface area contributed by atoms with Gasteiger partial charge in [-0.3, -0.25) is 4.90 Å². The van der Waals surface area contributed by atoms with E-state index in [9.17, 15) is 0 Å². The number of piperidine rings is 1. The van der Waals surface area contributed by atoms with Crippen molar-refractivity contribution in [2.75, 3.05) is 33.4 Å². The molecule has 0 aromatic heterocycles. The van der Waals surface area contributed by atoms with Gasteiger partial charge in [0.05, 0.1) is 7.11 Å². The molecule has 2 rings (SSSR count). The van der Waals surface area contributed by atoms with Crippen molar-refractivity contribution in [1.29, 1.82) is 0 Å². The highest BCUT2D eigenvalue weighted by Crippen LogP contribution is 2.26. The van der Waals surface area contributed by atoms with E-state index in [1.807, 2.05) is 24.3 Å². The molecule has 0 spiro atoms. The Kier molecular flexibility index (Phi) is 5.68. The Morgan fingerprint density at radius 1 is 1.25 bits per heavy atom. The van der Waals surface area contributed by atoms with Crippen LogP contribution in [0.3, 0.4) is 0 Å². The van der Waals surface area contributed by atoms with Gasteiger partial charge in [0, 0.05) is 19.1 Å². The lowest BCUT2D eigenvalue weighted by atomic mass is 9.94. The average Bonchev–Trinajstić information content (AvgIpc) is 2.49. The molecule has 1 aliphatic rings. The van der Waals surface area contributed by atoms with Crippen LogP contribution in [0.2, 0.25) is 0 Å². The summed E-state index contributed by atoms with van der Waals surface area (Å²) in [6, 6.07) is 8.40. The number of para-hydroxylation sites is 2. The van der Waals surface area contributed by atoms with Crippen LogP contribution in [0.15, 0.2) is 24.3 Å². The molecule has 0 saturated carbocycles. The molecule has 0 bridgehead atoms. The quantitative estimate of drug-likeness (QED) is 0.866. The fraction of sp³-hybridized carbons (Fsp3) is 0.625. The zero-order valence-corrected chi connectivity index (χ0v) is 12.5. The number of hydrogen-bond donors (Lipinski definition) is 1. The minimum Gasteiger partial charge on any atom is -0.493 e. The highest BCUT2D eigenvalue weighted by molar-refractivity contribution is 5.39. The zero-order valence-electron chi connectivity index (χ0n) is 12.5. The van der Waals surface area contributed by atoms with E-state index in [1.54, 1.807) is 7.11 Å². The normalized spacial score (nSPS) is 23.6. The predicted molar refractivity (Wildman–Crippen MR) is 81.3 cm³/mol. The highest BCUT2D eigenvalue weighted by Gasteiger charge is 2.24. The van der Waals surface area contributed by atoms with Crippen LogP contribution >= 0.6 is 0 Å². The van der Waals surface area contributed by atoms with E-state index in [0.29, 0.717) is 18.6 Å². The maximum Gasteiger partial charge on any atom is 0.161 e. The van der Waals surface area contributed by atoms with Gasteiger partial charge in [-0.25, -0.2) is 0 Å². The predicted octanol–water partition coefficient (Wildman–Crippen LogP) is 2.13. The Hall–Kier alpha value is -1.26. The molecule has 0 amide bonds. The number of likely N-dealkylation sites (tertiary alicyclic amines) is 1. The molecule has 2 atom stereocenters. The lowest BCUT2D eigenvalue weighted by Crippen LogP contribution is -2.45. The molecule has 4 nitrogen and oxygen atoms in total. The topological polar surface area (TPSA) is 47.7 Å². The Bertz CT molecular complexity index is 411. The molecule has 2 unspecified atom stereocenters. The zero-order chi connectivity index (χ0) is 14.4. The molecule has 20 heavy (non-hydrogen) atoms. The van der Waals surface area contributed by atoms with E-state index in [1.165, 1.54) is 12.8 Å². The van der Waals surface area contributed by atoms with Crippen molar-refractivity contribution in [1.82, 2.24) is 4.90 Å². The summed E-state index contributed by atoms with van der Waals surface area (Å²) in [5.74, 6) is 2.24. The van der Waals surface area contributed by atoms with Crippen molar-refractivity contribution < 1.29 is 9.47 Å². The van der Waals surface area contributed by atoms with Gasteiger partial charge in [0.25, 0.3) is 0 Å². The molecule has 1 aliphatic heterocycles. The van der Waals surface area contributed by atoms with Crippen molar-refractivity contribution in [2.45, 2.75) is 25.8 Å². The summed E-state index contributed by atoms with van der Waals surface area (Å²) in [5.41, 5.74) is 5.79. The summed E-state index contributed by atoms with van der Waals surface area (Å²) in [6.45, 7) is 5.79. The second-order valence-electron chi connectivity index (χ2n) is 5.52. The molecule has 1 saturated heterocycles. The van der Waals surface area contributed by atoms with Crippen molar-refractivity contribution >= 4 is 0 Å². The maximum atomic E-state index is 5.85. The Labute approximate surface area is 121 Å². The van der Waals surface area contributed by atoms with Gasteiger partial charge in [0.2, 0.25) is 0 Å². The molecule has 4 heteroatoms. The lowest BCUT2D eigenvalue weighted by molar-refractivity contribution is 0.101. The van der Waals surface area contributed by atoms with Crippen LogP contribution in [0.1, 0.15) is 19.8 Å². The number of methoxy groups -OCH3 is 1. The van der Waals surface area contributed by atoms with Crippen LogP contribution in [-0.4, -0.2) is 44.3 Å². The van der Waals surface area contributed by atoms with Crippen molar-refractivity contribution in [3.63, 3.8) is 0 Å². The summed E-state index contributed by atoms with van der Waals surface area (Å²) in [6.07, 6.45) is 2.48. The molecule has 1 aromatic carbocycles. The summed E-state index contributed by atoms with van der Waals surface area (Å²) in [7, 11) is 1.67. The third kappa shape index (κ3) is 3.87. The summed E-state index contributed by atoms with van der Waals surface area (Å²) < 4.78 is 11.1. The van der Waals surface area contributed by atoms with Crippen molar-refractivity contribution in [3.8, 4) is 11.5 Å². The van der Waals surface area contributed by atoms with Crippen molar-refractivity contribution in [3.05, 3.63) is 24.3 Å². The van der Waals surface area contributed by atoms with Gasteiger partial charge in [-0.15, -0.1) is 0 Å². The molecule has 1 heterocycles. The average molecular weight is 278 g/mol. The Morgan fingerprint density at radius 3 is 2.70 bits per heavy atom. The van der Waals surface area contributed by atoms with Crippen LogP contribution < -0.4 is 15.2 Å². The number of benzene rings is 1. The fourth-order valence-corrected chi connectivity index (χ4v) is 2.78. The number of rotatable bonds is 6. The van der Waals surface area contributed by atoms with Gasteiger partial charge < -0.3 is 15.2 Å². The third-order valence-corrected chi connectivity index (χ3v) is 4.15. The number of nitrogens with zero attached hydrogens (tertiary/aromatic N) is 1. The standard InChI is InChI=1S/C16H26N2O2/c1-13-7-8-14(11-17)12-18(13)9-10-20-16-6-4-3-5-15(16)19-2/h3-6,13-14H,7-12,17H2,1-2H3. The number of nitrogens with two attached hydrogens (primary N) is 1. The van der Waals surface area contributed by atoms with Crippen LogP contribution in [0, 0.1) is 5.92 Å². The van der Waals surface area contributed by atoms with Gasteiger partial charge in [0.15, 0.2) is 11.5 Å². The molecule has 0 radical (unpaired) electrons. The van der Waals surface area contributed by atoms with E-state index < -0.39 is 0 Å². The summed E-state index contributed by atoms with van der Waals surface area (Å²) >= 11 is 0. The summed E-state index contributed by atoms with van der Waals surface area (Å²) in [5, 5.41) is 0. The van der Waals surface area contributed by atoms with Crippen LogP contribution in [0.5, 0.6) is 11.5 Å². The first-order valence-corrected chi connectivity index (χ1v) is 7.44. The van der Waals surface area contributed by atoms with E-state index >= 15 is 0 Å². The van der Waals surface area contributed by atoms with Gasteiger partial charge in [-0.05, 0) is 44.4 Å². The molecular weight excluding hydrogens is 252 g/mol. The first-order valence-electron chi connectivity index (χ1n) is 7.44. The summed E-state index contributed by atoms with van der Waals surface area (Å²) in [4.78, 5) is 2.48. The molecule has 112 valence electrons. The Balaban J connectivity index is 1.82. The SMILES string of the molecule is COc1ccccc1OCCN1CC(CN)CCC1C. The molecule has 2 N–H and O–H groups in total. The minimum absolute atomic E-state index is 0.624. The third-order valence-electron chi connectivity index (χ3n) is 4.15. The van der Waals surface area contributed by atoms with Gasteiger partial charge >= 0.3 is 0 Å². The minimum atomic E-state index is 0.624. The van der Waals surface area contributed by atoms with Crippen molar-refractivity contribution in [2.24, 2.45) is 11.7 Å². The first-order chi connectivity index (χ1) is 9.74. The van der Waals surface area contributed by atoms with E-state index in [2.05, 4.69) is 11.8 Å². The fourth-order valence-electron chi connectivity index (χ4n) is 2.78. The monoisotopic (exact) mass is 278 g/mol. The molecule has 0 aliphatic carbocycles. The smallest absolute Gasteiger partial charge is 0.161 e. The molecule has 1 aromatic rings. The van der Waals surface area contributed by atoms with Crippen LogP contribution in [-0.2, 0) is 0 Å². The lowest BCUT2D eigenvalue weighted by Gasteiger charge is -2.37. The van der Waals surface area contributed by atoms with Crippen LogP contribution in [0.4, 0.5) is 0 Å². The van der Waals surface area contributed by atoms with Gasteiger partial charge in [0.1, 0.15) is 6.61 Å². The second kappa shape index (κ2) is 7.50.